The van der Waals surface area contributed by atoms with Crippen molar-refractivity contribution in [2.45, 2.75) is 6.04 Å². The molecular weight excluding hydrogens is 236 g/mol. The fourth-order valence-electron chi connectivity index (χ4n) is 1.48. The highest BCUT2D eigenvalue weighted by Crippen LogP contribution is 2.09. The van der Waals surface area contributed by atoms with Crippen LogP contribution in [0.25, 0.3) is 0 Å². The molecule has 0 aliphatic carbocycles. The van der Waals surface area contributed by atoms with E-state index >= 15 is 0 Å². The monoisotopic (exact) mass is 252 g/mol. The molecule has 1 N–H and O–H groups in total. The van der Waals surface area contributed by atoms with Crippen molar-refractivity contribution in [3.8, 4) is 6.07 Å². The number of carbonyl (C=O) groups excluding carboxylic acids is 1. The van der Waals surface area contributed by atoms with Crippen LogP contribution in [0.3, 0.4) is 0 Å². The van der Waals surface area contributed by atoms with Crippen molar-refractivity contribution >= 4 is 6.29 Å². The van der Waals surface area contributed by atoms with Gasteiger partial charge >= 0.3 is 0 Å². The van der Waals surface area contributed by atoms with Crippen LogP contribution >= 0.6 is 0 Å². The highest BCUT2D eigenvalue weighted by molar-refractivity contribution is 5.74. The molecule has 0 heterocycles. The van der Waals surface area contributed by atoms with Gasteiger partial charge in [0.15, 0.2) is 0 Å². The topological polar surface area (TPSA) is 52.9 Å². The van der Waals surface area contributed by atoms with Crippen molar-refractivity contribution in [1.82, 2.24) is 5.32 Å². The zero-order valence-electron chi connectivity index (χ0n) is 10.8. The fraction of sp³-hybridized carbons (Fsp3) is 0.125. The summed E-state index contributed by atoms with van der Waals surface area (Å²) in [5, 5.41) is 11.6. The molecule has 2 rings (SSSR count). The zero-order valence-corrected chi connectivity index (χ0v) is 10.8. The summed E-state index contributed by atoms with van der Waals surface area (Å²) in [6.07, 6.45) is 0.833. The van der Waals surface area contributed by atoms with Gasteiger partial charge in [0.2, 0.25) is 0 Å². The Bertz CT molecular complexity index is 517. The average molecular weight is 252 g/mol. The van der Waals surface area contributed by atoms with Gasteiger partial charge in [-0.25, -0.2) is 0 Å². The van der Waals surface area contributed by atoms with Crippen LogP contribution in [0.1, 0.15) is 22.0 Å². The molecule has 0 spiro atoms. The van der Waals surface area contributed by atoms with Gasteiger partial charge in [0.25, 0.3) is 0 Å². The summed E-state index contributed by atoms with van der Waals surface area (Å²) < 4.78 is 0. The van der Waals surface area contributed by atoms with Crippen LogP contribution in [-0.4, -0.2) is 13.3 Å². The predicted octanol–water partition coefficient (Wildman–Crippen LogP) is 2.97. The van der Waals surface area contributed by atoms with Crippen molar-refractivity contribution in [3.63, 3.8) is 0 Å². The third-order valence-electron chi connectivity index (χ3n) is 2.49. The quantitative estimate of drug-likeness (QED) is 0.854. The first-order valence-corrected chi connectivity index (χ1v) is 5.94. The molecule has 0 bridgehead atoms. The van der Waals surface area contributed by atoms with Gasteiger partial charge in [0.05, 0.1) is 6.07 Å². The van der Waals surface area contributed by atoms with Crippen LogP contribution in [0.5, 0.6) is 0 Å². The van der Waals surface area contributed by atoms with Gasteiger partial charge in [0, 0.05) is 5.56 Å². The largest absolute Gasteiger partial charge is 0.301 e. The van der Waals surface area contributed by atoms with Gasteiger partial charge in [-0.1, -0.05) is 60.7 Å². The Balaban J connectivity index is 0.000000200. The molecule has 0 amide bonds. The maximum Gasteiger partial charge on any atom is 0.150 e. The second kappa shape index (κ2) is 8.62. The van der Waals surface area contributed by atoms with E-state index in [0.717, 1.165) is 17.4 Å². The second-order valence-electron chi connectivity index (χ2n) is 3.79. The first-order chi connectivity index (χ1) is 9.31. The molecule has 0 aromatic heterocycles. The summed E-state index contributed by atoms with van der Waals surface area (Å²) in [4.78, 5) is 10.0. The molecule has 3 nitrogen and oxygen atoms in total. The summed E-state index contributed by atoms with van der Waals surface area (Å²) >= 11 is 0. The van der Waals surface area contributed by atoms with Crippen molar-refractivity contribution < 1.29 is 4.79 Å². The van der Waals surface area contributed by atoms with Crippen molar-refractivity contribution in [2.75, 3.05) is 7.05 Å². The number of carbonyl (C=O) groups is 1. The molecule has 96 valence electrons. The number of nitrogens with zero attached hydrogens (tertiary/aromatic N) is 1. The fourth-order valence-corrected chi connectivity index (χ4v) is 1.48. The minimum Gasteiger partial charge on any atom is -0.301 e. The molecule has 0 fully saturated rings. The number of nitriles is 1. The Labute approximate surface area is 113 Å². The lowest BCUT2D eigenvalue weighted by atomic mass is 10.1. The zero-order chi connectivity index (χ0) is 13.9. The Hall–Kier alpha value is -2.44. The van der Waals surface area contributed by atoms with E-state index in [-0.39, 0.29) is 6.04 Å². The molecule has 2 aromatic rings. The smallest absolute Gasteiger partial charge is 0.150 e. The maximum atomic E-state index is 10.0. The minimum absolute atomic E-state index is 0.184. The van der Waals surface area contributed by atoms with Gasteiger partial charge in [-0.2, -0.15) is 5.26 Å². The van der Waals surface area contributed by atoms with Crippen LogP contribution in [0.4, 0.5) is 0 Å². The van der Waals surface area contributed by atoms with Gasteiger partial charge in [-0.15, -0.1) is 0 Å². The SMILES string of the molecule is CNC(C#N)c1ccccc1.O=Cc1ccccc1. The van der Waals surface area contributed by atoms with E-state index in [1.807, 2.05) is 48.5 Å². The number of hydrogen-bond acceptors (Lipinski definition) is 3. The molecule has 0 aliphatic rings. The third kappa shape index (κ3) is 5.15. The summed E-state index contributed by atoms with van der Waals surface area (Å²) in [5.74, 6) is 0. The standard InChI is InChI=1S/C9H10N2.C7H6O/c1-11-9(7-10)8-5-3-2-4-6-8;8-6-7-4-2-1-3-5-7/h2-6,9,11H,1H3;1-6H. The van der Waals surface area contributed by atoms with Crippen LogP contribution < -0.4 is 5.32 Å². The molecule has 1 atom stereocenters. The molecule has 19 heavy (non-hydrogen) atoms. The highest BCUT2D eigenvalue weighted by atomic mass is 16.1. The molecule has 0 saturated heterocycles. The summed E-state index contributed by atoms with van der Waals surface area (Å²) in [5.41, 5.74) is 1.74. The van der Waals surface area contributed by atoms with Gasteiger partial charge in [0.1, 0.15) is 12.3 Å². The van der Waals surface area contributed by atoms with Crippen molar-refractivity contribution in [3.05, 3.63) is 71.8 Å². The van der Waals surface area contributed by atoms with E-state index in [1.54, 1.807) is 19.2 Å². The van der Waals surface area contributed by atoms with Gasteiger partial charge < -0.3 is 5.32 Å². The van der Waals surface area contributed by atoms with E-state index in [9.17, 15) is 4.79 Å². The van der Waals surface area contributed by atoms with Crippen LogP contribution in [-0.2, 0) is 0 Å². The molecule has 2 aromatic carbocycles. The number of nitrogens with one attached hydrogen (secondary N) is 1. The van der Waals surface area contributed by atoms with Gasteiger partial charge in [-0.05, 0) is 12.6 Å². The third-order valence-corrected chi connectivity index (χ3v) is 2.49. The molecule has 0 saturated carbocycles. The predicted molar refractivity (Wildman–Crippen MR) is 75.7 cm³/mol. The van der Waals surface area contributed by atoms with Crippen LogP contribution in [0.15, 0.2) is 60.7 Å². The number of hydrogen-bond donors (Lipinski definition) is 1. The first kappa shape index (κ1) is 14.6. The lowest BCUT2D eigenvalue weighted by molar-refractivity contribution is 0.112. The molecule has 0 aliphatic heterocycles. The Kier molecular flexibility index (Phi) is 6.63. The highest BCUT2D eigenvalue weighted by Gasteiger charge is 2.04. The normalized spacial score (nSPS) is 10.5. The van der Waals surface area contributed by atoms with E-state index < -0.39 is 0 Å². The summed E-state index contributed by atoms with van der Waals surface area (Å²) in [6, 6.07) is 20.7. The lowest BCUT2D eigenvalue weighted by Gasteiger charge is -2.05. The van der Waals surface area contributed by atoms with E-state index in [0.29, 0.717) is 0 Å². The summed E-state index contributed by atoms with van der Waals surface area (Å²) in [6.45, 7) is 0. The number of aldehydes is 1. The van der Waals surface area contributed by atoms with E-state index in [1.165, 1.54) is 0 Å². The molecule has 3 heteroatoms. The molecule has 1 unspecified atom stereocenters. The van der Waals surface area contributed by atoms with Crippen LogP contribution in [0.2, 0.25) is 0 Å². The van der Waals surface area contributed by atoms with Crippen LogP contribution in [0, 0.1) is 11.3 Å². The van der Waals surface area contributed by atoms with Gasteiger partial charge in [-0.3, -0.25) is 4.79 Å². The average Bonchev–Trinajstić information content (AvgIpc) is 2.51. The second-order valence-corrected chi connectivity index (χ2v) is 3.79. The Morgan fingerprint density at radius 2 is 1.58 bits per heavy atom. The minimum atomic E-state index is -0.184. The number of benzene rings is 2. The summed E-state index contributed by atoms with van der Waals surface area (Å²) in [7, 11) is 1.78. The maximum absolute atomic E-state index is 10.0. The Morgan fingerprint density at radius 1 is 1.05 bits per heavy atom. The molecular formula is C16H16N2O. The molecule has 0 radical (unpaired) electrons. The van der Waals surface area contributed by atoms with E-state index in [2.05, 4.69) is 11.4 Å². The van der Waals surface area contributed by atoms with E-state index in [4.69, 9.17) is 5.26 Å². The lowest BCUT2D eigenvalue weighted by Crippen LogP contribution is -2.13. The van der Waals surface area contributed by atoms with Crippen molar-refractivity contribution in [2.24, 2.45) is 0 Å². The number of rotatable bonds is 3. The Morgan fingerprint density at radius 3 is 1.95 bits per heavy atom. The van der Waals surface area contributed by atoms with Crippen molar-refractivity contribution in [1.29, 1.82) is 5.26 Å². The first-order valence-electron chi connectivity index (χ1n) is 5.94.